The highest BCUT2D eigenvalue weighted by Gasteiger charge is 2.20. The van der Waals surface area contributed by atoms with Gasteiger partial charge in [0.2, 0.25) is 0 Å². The van der Waals surface area contributed by atoms with Crippen molar-refractivity contribution in [3.63, 3.8) is 0 Å². The Kier molecular flexibility index (Phi) is 5.01. The summed E-state index contributed by atoms with van der Waals surface area (Å²) >= 11 is 1.80. The van der Waals surface area contributed by atoms with Gasteiger partial charge >= 0.3 is 0 Å². The molecule has 0 unspecified atom stereocenters. The molecule has 136 valence electrons. The van der Waals surface area contributed by atoms with Gasteiger partial charge in [-0.05, 0) is 29.6 Å². The molecule has 1 aliphatic rings. The van der Waals surface area contributed by atoms with Gasteiger partial charge < -0.3 is 15.1 Å². The molecular weight excluding hydrogens is 346 g/mol. The van der Waals surface area contributed by atoms with Crippen LogP contribution in [0.1, 0.15) is 5.82 Å². The molecule has 0 bridgehead atoms. The van der Waals surface area contributed by atoms with Crippen LogP contribution >= 0.6 is 11.3 Å². The number of rotatable bonds is 4. The van der Waals surface area contributed by atoms with Crippen LogP contribution in [-0.2, 0) is 6.42 Å². The molecule has 0 spiro atoms. The number of nitrogens with zero attached hydrogens (tertiary/aromatic N) is 6. The van der Waals surface area contributed by atoms with Crippen molar-refractivity contribution >= 4 is 27.9 Å². The summed E-state index contributed by atoms with van der Waals surface area (Å²) in [5.41, 5.74) is 0.886. The molecule has 0 radical (unpaired) electrons. The maximum Gasteiger partial charge on any atom is 0.193 e. The number of hydrogen-bond donors (Lipinski definition) is 1. The molecule has 0 aliphatic carbocycles. The molecule has 0 amide bonds. The summed E-state index contributed by atoms with van der Waals surface area (Å²) in [5.74, 6) is 1.93. The minimum absolute atomic E-state index is 0.785. The van der Waals surface area contributed by atoms with E-state index in [4.69, 9.17) is 0 Å². The number of pyridine rings is 1. The van der Waals surface area contributed by atoms with Crippen molar-refractivity contribution < 1.29 is 0 Å². The molecular formula is C18H23N7S. The molecule has 3 aromatic heterocycles. The summed E-state index contributed by atoms with van der Waals surface area (Å²) in [6.45, 7) is 4.79. The van der Waals surface area contributed by atoms with Gasteiger partial charge in [0.15, 0.2) is 11.6 Å². The van der Waals surface area contributed by atoms with Gasteiger partial charge in [-0.15, -0.1) is 21.5 Å². The van der Waals surface area contributed by atoms with Gasteiger partial charge in [0.05, 0.1) is 5.00 Å². The first-order valence-electron chi connectivity index (χ1n) is 8.88. The molecule has 7 nitrogen and oxygen atoms in total. The molecule has 4 rings (SSSR count). The molecule has 1 fully saturated rings. The largest absolute Gasteiger partial charge is 0.360 e. The van der Waals surface area contributed by atoms with E-state index < -0.39 is 0 Å². The number of guanidine groups is 1. The Morgan fingerprint density at radius 1 is 1.15 bits per heavy atom. The smallest absolute Gasteiger partial charge is 0.193 e. The third kappa shape index (κ3) is 3.50. The Morgan fingerprint density at radius 2 is 2.04 bits per heavy atom. The van der Waals surface area contributed by atoms with Crippen LogP contribution in [0.4, 0.5) is 5.00 Å². The Bertz CT molecular complexity index is 863. The first-order chi connectivity index (χ1) is 12.8. The molecule has 1 N–H and O–H groups in total. The predicted molar refractivity (Wildman–Crippen MR) is 106 cm³/mol. The molecule has 8 heteroatoms. The normalized spacial score (nSPS) is 15.7. The number of hydrogen-bond acceptors (Lipinski definition) is 5. The molecule has 1 saturated heterocycles. The van der Waals surface area contributed by atoms with Gasteiger partial charge in [-0.1, -0.05) is 6.07 Å². The third-order valence-electron chi connectivity index (χ3n) is 4.62. The van der Waals surface area contributed by atoms with Gasteiger partial charge in [0.1, 0.15) is 5.82 Å². The molecule has 4 heterocycles. The lowest BCUT2D eigenvalue weighted by Crippen LogP contribution is -2.52. The van der Waals surface area contributed by atoms with Crippen LogP contribution in [0, 0.1) is 0 Å². The predicted octanol–water partition coefficient (Wildman–Crippen LogP) is 1.73. The summed E-state index contributed by atoms with van der Waals surface area (Å²) in [5, 5.41) is 15.4. The maximum atomic E-state index is 4.45. The number of anilines is 1. The highest BCUT2D eigenvalue weighted by Crippen LogP contribution is 2.22. The van der Waals surface area contributed by atoms with E-state index in [1.165, 1.54) is 5.00 Å². The second-order valence-corrected chi connectivity index (χ2v) is 7.12. The standard InChI is InChI=1S/C18H23N7S/c1-19-18(24-12-10-23(11-13-24)17-6-4-14-26-17)20-8-7-16-22-21-15-5-2-3-9-25(15)16/h2-6,9,14H,7-8,10-13H2,1H3,(H,19,20). The Balaban J connectivity index is 1.30. The van der Waals surface area contributed by atoms with Crippen LogP contribution in [0.25, 0.3) is 5.65 Å². The van der Waals surface area contributed by atoms with Gasteiger partial charge in [0, 0.05) is 52.4 Å². The Morgan fingerprint density at radius 3 is 2.81 bits per heavy atom. The van der Waals surface area contributed by atoms with Gasteiger partial charge in [-0.2, -0.15) is 0 Å². The molecule has 0 atom stereocenters. The van der Waals surface area contributed by atoms with Gasteiger partial charge in [-0.25, -0.2) is 0 Å². The van der Waals surface area contributed by atoms with E-state index in [0.29, 0.717) is 0 Å². The minimum atomic E-state index is 0.785. The van der Waals surface area contributed by atoms with E-state index in [-0.39, 0.29) is 0 Å². The number of thiophene rings is 1. The van der Waals surface area contributed by atoms with Crippen LogP contribution in [-0.4, -0.2) is 65.2 Å². The van der Waals surface area contributed by atoms with Crippen molar-refractivity contribution in [2.45, 2.75) is 6.42 Å². The third-order valence-corrected chi connectivity index (χ3v) is 5.55. The van der Waals surface area contributed by atoms with E-state index in [0.717, 1.165) is 56.6 Å². The van der Waals surface area contributed by atoms with E-state index in [1.54, 1.807) is 11.3 Å². The van der Waals surface area contributed by atoms with Gasteiger partial charge in [0.25, 0.3) is 0 Å². The fraction of sp³-hybridized carbons (Fsp3) is 0.389. The van der Waals surface area contributed by atoms with E-state index >= 15 is 0 Å². The summed E-state index contributed by atoms with van der Waals surface area (Å²) < 4.78 is 2.03. The number of aromatic nitrogens is 3. The Hall–Kier alpha value is -2.61. The summed E-state index contributed by atoms with van der Waals surface area (Å²) in [4.78, 5) is 9.22. The monoisotopic (exact) mass is 369 g/mol. The second kappa shape index (κ2) is 7.74. The number of piperazine rings is 1. The average molecular weight is 369 g/mol. The zero-order chi connectivity index (χ0) is 17.8. The quantitative estimate of drug-likeness (QED) is 0.561. The van der Waals surface area contributed by atoms with Crippen molar-refractivity contribution in [1.82, 2.24) is 24.8 Å². The van der Waals surface area contributed by atoms with Crippen molar-refractivity contribution in [2.75, 3.05) is 44.7 Å². The van der Waals surface area contributed by atoms with Crippen molar-refractivity contribution in [3.05, 3.63) is 47.7 Å². The highest BCUT2D eigenvalue weighted by atomic mass is 32.1. The average Bonchev–Trinajstić information content (AvgIpc) is 3.36. The highest BCUT2D eigenvalue weighted by molar-refractivity contribution is 7.14. The first-order valence-corrected chi connectivity index (χ1v) is 9.76. The Labute approximate surface area is 157 Å². The lowest BCUT2D eigenvalue weighted by molar-refractivity contribution is 0.373. The zero-order valence-electron chi connectivity index (χ0n) is 14.9. The summed E-state index contributed by atoms with van der Waals surface area (Å²) in [7, 11) is 1.85. The van der Waals surface area contributed by atoms with E-state index in [9.17, 15) is 0 Å². The maximum absolute atomic E-state index is 4.45. The van der Waals surface area contributed by atoms with Gasteiger partial charge in [-0.3, -0.25) is 9.39 Å². The zero-order valence-corrected chi connectivity index (χ0v) is 15.7. The van der Waals surface area contributed by atoms with Crippen LogP contribution < -0.4 is 10.2 Å². The fourth-order valence-electron chi connectivity index (χ4n) is 3.27. The molecule has 26 heavy (non-hydrogen) atoms. The first kappa shape index (κ1) is 16.8. The van der Waals surface area contributed by atoms with E-state index in [2.05, 4.69) is 47.8 Å². The summed E-state index contributed by atoms with van der Waals surface area (Å²) in [6, 6.07) is 10.2. The topological polar surface area (TPSA) is 61.1 Å². The van der Waals surface area contributed by atoms with Crippen LogP contribution in [0.3, 0.4) is 0 Å². The van der Waals surface area contributed by atoms with Crippen molar-refractivity contribution in [2.24, 2.45) is 4.99 Å². The SMILES string of the molecule is CN=C(NCCc1nnc2ccccn12)N1CCN(c2cccs2)CC1. The molecule has 3 aromatic rings. The lowest BCUT2D eigenvalue weighted by Gasteiger charge is -2.37. The number of aliphatic imine (C=N–C) groups is 1. The lowest BCUT2D eigenvalue weighted by atomic mass is 10.3. The van der Waals surface area contributed by atoms with E-state index in [1.807, 2.05) is 35.8 Å². The summed E-state index contributed by atoms with van der Waals surface area (Å²) in [6.07, 6.45) is 2.81. The van der Waals surface area contributed by atoms with Crippen LogP contribution in [0.2, 0.25) is 0 Å². The van der Waals surface area contributed by atoms with Crippen LogP contribution in [0.5, 0.6) is 0 Å². The number of nitrogens with one attached hydrogen (secondary N) is 1. The molecule has 0 saturated carbocycles. The molecule has 1 aliphatic heterocycles. The van der Waals surface area contributed by atoms with Crippen molar-refractivity contribution in [3.8, 4) is 0 Å². The minimum Gasteiger partial charge on any atom is -0.360 e. The van der Waals surface area contributed by atoms with Crippen LogP contribution in [0.15, 0.2) is 46.9 Å². The second-order valence-electron chi connectivity index (χ2n) is 6.19. The van der Waals surface area contributed by atoms with Crippen molar-refractivity contribution in [1.29, 1.82) is 0 Å². The fourth-order valence-corrected chi connectivity index (χ4v) is 4.05. The number of fused-ring (bicyclic) bond motifs is 1. The molecule has 0 aromatic carbocycles.